The molecule has 4 rings (SSSR count). The first-order valence-corrected chi connectivity index (χ1v) is 9.89. The van der Waals surface area contributed by atoms with Crippen molar-refractivity contribution in [1.29, 1.82) is 0 Å². The first-order valence-electron chi connectivity index (χ1n) is 9.89. The maximum Gasteiger partial charge on any atom is 0.216 e. The Bertz CT molecular complexity index is 1130. The van der Waals surface area contributed by atoms with Crippen LogP contribution in [0, 0.1) is 0 Å². The van der Waals surface area contributed by atoms with Crippen LogP contribution in [0.5, 0.6) is 11.5 Å². The van der Waals surface area contributed by atoms with E-state index in [0.717, 1.165) is 46.0 Å². The Labute approximate surface area is 175 Å². The molecular formula is C23H28N4O3. The Morgan fingerprint density at radius 2 is 1.67 bits per heavy atom. The van der Waals surface area contributed by atoms with Crippen LogP contribution in [0.2, 0.25) is 0 Å². The molecule has 2 heterocycles. The molecule has 0 aliphatic carbocycles. The van der Waals surface area contributed by atoms with Crippen molar-refractivity contribution in [2.75, 3.05) is 20.2 Å². The highest BCUT2D eigenvalue weighted by Gasteiger charge is 2.05. The van der Waals surface area contributed by atoms with E-state index >= 15 is 0 Å². The normalized spacial score (nSPS) is 10.6. The topological polar surface area (TPSA) is 116 Å². The van der Waals surface area contributed by atoms with Gasteiger partial charge in [-0.2, -0.15) is 0 Å². The van der Waals surface area contributed by atoms with Crippen molar-refractivity contribution in [1.82, 2.24) is 15.3 Å². The van der Waals surface area contributed by atoms with E-state index in [1.165, 1.54) is 12.5 Å². The molecule has 0 atom stereocenters. The molecule has 0 saturated heterocycles. The lowest BCUT2D eigenvalue weighted by Crippen LogP contribution is -2.22. The van der Waals surface area contributed by atoms with Gasteiger partial charge in [0, 0.05) is 47.7 Å². The molecule has 7 heteroatoms. The number of aromatic hydroxyl groups is 1. The van der Waals surface area contributed by atoms with E-state index in [4.69, 9.17) is 10.5 Å². The van der Waals surface area contributed by atoms with E-state index < -0.39 is 0 Å². The minimum atomic E-state index is 0.00224. The van der Waals surface area contributed by atoms with Gasteiger partial charge in [0.1, 0.15) is 11.5 Å². The van der Waals surface area contributed by atoms with Gasteiger partial charge in [-0.15, -0.1) is 0 Å². The van der Waals surface area contributed by atoms with Gasteiger partial charge in [0.2, 0.25) is 5.91 Å². The summed E-state index contributed by atoms with van der Waals surface area (Å²) in [5, 5.41) is 14.3. The molecule has 0 fully saturated rings. The van der Waals surface area contributed by atoms with Gasteiger partial charge in [-0.3, -0.25) is 4.79 Å². The predicted octanol–water partition coefficient (Wildman–Crippen LogP) is 3.23. The molecule has 158 valence electrons. The van der Waals surface area contributed by atoms with Crippen molar-refractivity contribution in [3.63, 3.8) is 0 Å². The number of H-pyrrole nitrogens is 2. The molecule has 30 heavy (non-hydrogen) atoms. The highest BCUT2D eigenvalue weighted by Crippen LogP contribution is 2.24. The molecule has 0 radical (unpaired) electrons. The lowest BCUT2D eigenvalue weighted by molar-refractivity contribution is -0.118. The molecule has 6 N–H and O–H groups in total. The number of phenolic OH excluding ortho intramolecular Hbond substituents is 1. The number of phenols is 1. The third-order valence-electron chi connectivity index (χ3n) is 4.91. The second-order valence-electron chi connectivity index (χ2n) is 7.04. The van der Waals surface area contributed by atoms with E-state index in [-0.39, 0.29) is 5.91 Å². The fraction of sp³-hybridized carbons (Fsp3) is 0.261. The predicted molar refractivity (Wildman–Crippen MR) is 120 cm³/mol. The molecule has 2 aromatic heterocycles. The third-order valence-corrected chi connectivity index (χ3v) is 4.91. The summed E-state index contributed by atoms with van der Waals surface area (Å²) in [5.74, 6) is 1.14. The van der Waals surface area contributed by atoms with Gasteiger partial charge in [-0.1, -0.05) is 0 Å². The number of methoxy groups -OCH3 is 1. The van der Waals surface area contributed by atoms with Crippen LogP contribution in [-0.2, 0) is 17.6 Å². The number of hydrogen-bond donors (Lipinski definition) is 5. The Balaban J connectivity index is 0.000000177. The number of rotatable bonds is 6. The average Bonchev–Trinajstić information content (AvgIpc) is 3.32. The third kappa shape index (κ3) is 5.12. The molecule has 7 nitrogen and oxygen atoms in total. The van der Waals surface area contributed by atoms with Gasteiger partial charge in [0.15, 0.2) is 0 Å². The Morgan fingerprint density at radius 3 is 2.30 bits per heavy atom. The van der Waals surface area contributed by atoms with Crippen molar-refractivity contribution < 1.29 is 14.6 Å². The van der Waals surface area contributed by atoms with Crippen LogP contribution in [0.1, 0.15) is 18.1 Å². The van der Waals surface area contributed by atoms with E-state index in [2.05, 4.69) is 15.3 Å². The van der Waals surface area contributed by atoms with Crippen molar-refractivity contribution in [2.24, 2.45) is 5.73 Å². The van der Waals surface area contributed by atoms with E-state index in [1.54, 1.807) is 19.2 Å². The van der Waals surface area contributed by atoms with Gasteiger partial charge in [-0.25, -0.2) is 0 Å². The summed E-state index contributed by atoms with van der Waals surface area (Å²) in [6.07, 6.45) is 5.57. The van der Waals surface area contributed by atoms with Crippen LogP contribution < -0.4 is 15.8 Å². The molecule has 4 aromatic rings. The highest BCUT2D eigenvalue weighted by molar-refractivity contribution is 5.85. The van der Waals surface area contributed by atoms with E-state index in [9.17, 15) is 9.90 Å². The van der Waals surface area contributed by atoms with Crippen LogP contribution in [0.25, 0.3) is 21.8 Å². The zero-order chi connectivity index (χ0) is 21.5. The van der Waals surface area contributed by atoms with Gasteiger partial charge < -0.3 is 30.9 Å². The van der Waals surface area contributed by atoms with Crippen LogP contribution in [0.3, 0.4) is 0 Å². The van der Waals surface area contributed by atoms with E-state index in [0.29, 0.717) is 18.8 Å². The quantitative estimate of drug-likeness (QED) is 0.337. The van der Waals surface area contributed by atoms with E-state index in [1.807, 2.05) is 36.7 Å². The Kier molecular flexibility index (Phi) is 6.98. The van der Waals surface area contributed by atoms with Crippen LogP contribution in [-0.4, -0.2) is 41.2 Å². The molecule has 0 saturated carbocycles. The first kappa shape index (κ1) is 21.3. The van der Waals surface area contributed by atoms with Crippen LogP contribution in [0.4, 0.5) is 0 Å². The highest BCUT2D eigenvalue weighted by atomic mass is 16.5. The minimum absolute atomic E-state index is 0.00224. The minimum Gasteiger partial charge on any atom is -0.508 e. The van der Waals surface area contributed by atoms with Crippen molar-refractivity contribution in [3.8, 4) is 11.5 Å². The van der Waals surface area contributed by atoms with Crippen molar-refractivity contribution in [3.05, 3.63) is 59.9 Å². The van der Waals surface area contributed by atoms with Gasteiger partial charge in [0.05, 0.1) is 7.11 Å². The summed E-state index contributed by atoms with van der Waals surface area (Å²) in [4.78, 5) is 17.1. The second-order valence-corrected chi connectivity index (χ2v) is 7.04. The summed E-state index contributed by atoms with van der Waals surface area (Å²) in [6.45, 7) is 2.81. The molecular weight excluding hydrogens is 380 g/mol. The SMILES string of the molecule is COc1ccc2[nH]cc(CCNC(C)=O)c2c1.NCCc1c[nH]c2ccc(O)cc12. The summed E-state index contributed by atoms with van der Waals surface area (Å²) in [5.41, 5.74) is 9.95. The average molecular weight is 409 g/mol. The number of benzene rings is 2. The fourth-order valence-corrected chi connectivity index (χ4v) is 3.39. The zero-order valence-corrected chi connectivity index (χ0v) is 17.3. The number of aromatic nitrogens is 2. The number of nitrogens with one attached hydrogen (secondary N) is 3. The summed E-state index contributed by atoms with van der Waals surface area (Å²) in [7, 11) is 1.66. The van der Waals surface area contributed by atoms with Crippen LogP contribution in [0.15, 0.2) is 48.8 Å². The molecule has 2 aromatic carbocycles. The lowest BCUT2D eigenvalue weighted by atomic mass is 10.1. The molecule has 0 aliphatic heterocycles. The number of ether oxygens (including phenoxy) is 1. The standard InChI is InChI=1S/C13H16N2O2.C10H12N2O/c1-9(16)14-6-5-10-8-15-13-4-3-11(17-2)7-12(10)13;11-4-3-7-6-12-10-2-1-8(13)5-9(7)10/h3-4,7-8,15H,5-6H2,1-2H3,(H,14,16);1-2,5-6,12-13H,3-4,11H2. The Hall–Kier alpha value is -3.45. The summed E-state index contributed by atoms with van der Waals surface area (Å²) in [6, 6.07) is 11.2. The number of nitrogens with two attached hydrogens (primary N) is 1. The largest absolute Gasteiger partial charge is 0.508 e. The molecule has 0 aliphatic rings. The lowest BCUT2D eigenvalue weighted by Gasteiger charge is -2.03. The van der Waals surface area contributed by atoms with Crippen molar-refractivity contribution in [2.45, 2.75) is 19.8 Å². The molecule has 0 bridgehead atoms. The molecule has 0 unspecified atom stereocenters. The number of carbonyl (C=O) groups excluding carboxylic acids is 1. The smallest absolute Gasteiger partial charge is 0.216 e. The number of fused-ring (bicyclic) bond motifs is 2. The number of carbonyl (C=O) groups is 1. The van der Waals surface area contributed by atoms with Gasteiger partial charge in [0.25, 0.3) is 0 Å². The molecule has 1 amide bonds. The number of hydrogen-bond acceptors (Lipinski definition) is 4. The van der Waals surface area contributed by atoms with Gasteiger partial charge >= 0.3 is 0 Å². The zero-order valence-electron chi connectivity index (χ0n) is 17.3. The summed E-state index contributed by atoms with van der Waals surface area (Å²) >= 11 is 0. The first-order chi connectivity index (χ1) is 14.5. The maximum atomic E-state index is 10.8. The van der Waals surface area contributed by atoms with Crippen LogP contribution >= 0.6 is 0 Å². The number of aromatic amines is 2. The van der Waals surface area contributed by atoms with Crippen molar-refractivity contribution >= 4 is 27.7 Å². The molecule has 0 spiro atoms. The fourth-order valence-electron chi connectivity index (χ4n) is 3.39. The summed E-state index contributed by atoms with van der Waals surface area (Å²) < 4.78 is 5.21. The second kappa shape index (κ2) is 9.84. The van der Waals surface area contributed by atoms with Gasteiger partial charge in [-0.05, 0) is 66.9 Å². The number of amides is 1. The maximum absolute atomic E-state index is 10.8. The Morgan fingerprint density at radius 1 is 1.03 bits per heavy atom. The monoisotopic (exact) mass is 408 g/mol.